The van der Waals surface area contributed by atoms with E-state index in [9.17, 15) is 13.2 Å². The van der Waals surface area contributed by atoms with Crippen molar-refractivity contribution in [1.82, 2.24) is 15.2 Å². The van der Waals surface area contributed by atoms with E-state index in [2.05, 4.69) is 25.8 Å². The standard InChI is InChI=1S/C17H13ClF3N5/c1-10-8-11(18)6-7-13(10)23-15-9-22-26-16(25-15)24-14-5-3-2-4-12(14)17(19,20)21/h2-9H,1H3,(H2,23,24,25,26). The first-order valence-electron chi connectivity index (χ1n) is 7.49. The highest BCUT2D eigenvalue weighted by atomic mass is 35.5. The van der Waals surface area contributed by atoms with Crippen molar-refractivity contribution < 1.29 is 13.2 Å². The van der Waals surface area contributed by atoms with E-state index in [1.807, 2.05) is 6.92 Å². The highest BCUT2D eigenvalue weighted by Crippen LogP contribution is 2.35. The van der Waals surface area contributed by atoms with E-state index in [4.69, 9.17) is 11.6 Å². The first-order valence-corrected chi connectivity index (χ1v) is 7.87. The molecule has 0 unspecified atom stereocenters. The Morgan fingerprint density at radius 3 is 2.50 bits per heavy atom. The van der Waals surface area contributed by atoms with Crippen molar-refractivity contribution >= 4 is 34.7 Å². The van der Waals surface area contributed by atoms with Crippen LogP contribution in [0.2, 0.25) is 5.02 Å². The molecular formula is C17H13ClF3N5. The highest BCUT2D eigenvalue weighted by Gasteiger charge is 2.33. The van der Waals surface area contributed by atoms with Crippen molar-refractivity contribution in [3.05, 3.63) is 64.8 Å². The molecular weight excluding hydrogens is 367 g/mol. The normalized spacial score (nSPS) is 11.3. The fourth-order valence-electron chi connectivity index (χ4n) is 2.28. The summed E-state index contributed by atoms with van der Waals surface area (Å²) in [6.45, 7) is 1.86. The molecule has 0 aliphatic rings. The number of rotatable bonds is 4. The van der Waals surface area contributed by atoms with Crippen LogP contribution in [0.5, 0.6) is 0 Å². The van der Waals surface area contributed by atoms with Crippen LogP contribution in [0.4, 0.5) is 36.3 Å². The van der Waals surface area contributed by atoms with Gasteiger partial charge in [0, 0.05) is 10.7 Å². The van der Waals surface area contributed by atoms with E-state index in [0.717, 1.165) is 17.3 Å². The SMILES string of the molecule is Cc1cc(Cl)ccc1Nc1cnnc(Nc2ccccc2C(F)(F)F)n1. The first kappa shape index (κ1) is 17.9. The molecule has 0 saturated heterocycles. The van der Waals surface area contributed by atoms with Crippen LogP contribution in [0.1, 0.15) is 11.1 Å². The van der Waals surface area contributed by atoms with E-state index in [-0.39, 0.29) is 11.6 Å². The molecule has 5 nitrogen and oxygen atoms in total. The molecule has 2 aromatic carbocycles. The maximum atomic E-state index is 13.1. The van der Waals surface area contributed by atoms with Gasteiger partial charge >= 0.3 is 6.18 Å². The van der Waals surface area contributed by atoms with Gasteiger partial charge < -0.3 is 10.6 Å². The zero-order valence-electron chi connectivity index (χ0n) is 13.5. The lowest BCUT2D eigenvalue weighted by atomic mass is 10.1. The lowest BCUT2D eigenvalue weighted by molar-refractivity contribution is -0.136. The molecule has 0 saturated carbocycles. The lowest BCUT2D eigenvalue weighted by Gasteiger charge is -2.14. The zero-order chi connectivity index (χ0) is 18.7. The summed E-state index contributed by atoms with van der Waals surface area (Å²) in [5.41, 5.74) is 0.668. The molecule has 9 heteroatoms. The second-order valence-electron chi connectivity index (χ2n) is 5.42. The monoisotopic (exact) mass is 379 g/mol. The number of hydrogen-bond acceptors (Lipinski definition) is 5. The Balaban J connectivity index is 1.85. The second-order valence-corrected chi connectivity index (χ2v) is 5.85. The summed E-state index contributed by atoms with van der Waals surface area (Å²) in [6.07, 6.45) is -3.12. The van der Waals surface area contributed by atoms with Gasteiger partial charge in [-0.3, -0.25) is 0 Å². The van der Waals surface area contributed by atoms with Crippen molar-refractivity contribution in [2.45, 2.75) is 13.1 Å². The minimum Gasteiger partial charge on any atom is -0.339 e. The number of aromatic nitrogens is 3. The summed E-state index contributed by atoms with van der Waals surface area (Å²) < 4.78 is 39.2. The van der Waals surface area contributed by atoms with Crippen molar-refractivity contribution in [1.29, 1.82) is 0 Å². The van der Waals surface area contributed by atoms with Crippen molar-refractivity contribution in [3.63, 3.8) is 0 Å². The Hall–Kier alpha value is -2.87. The Labute approximate surface area is 152 Å². The van der Waals surface area contributed by atoms with Crippen LogP contribution in [0.25, 0.3) is 0 Å². The number of nitrogens with one attached hydrogen (secondary N) is 2. The summed E-state index contributed by atoms with van der Waals surface area (Å²) >= 11 is 5.92. The largest absolute Gasteiger partial charge is 0.418 e. The molecule has 2 N–H and O–H groups in total. The molecule has 0 bridgehead atoms. The summed E-state index contributed by atoms with van der Waals surface area (Å²) in [7, 11) is 0. The third kappa shape index (κ3) is 4.20. The molecule has 3 aromatic rings. The molecule has 0 atom stereocenters. The number of nitrogens with zero attached hydrogens (tertiary/aromatic N) is 3. The fraction of sp³-hybridized carbons (Fsp3) is 0.118. The maximum absolute atomic E-state index is 13.1. The number of aryl methyl sites for hydroxylation is 1. The van der Waals surface area contributed by atoms with Crippen LogP contribution in [0.15, 0.2) is 48.7 Å². The van der Waals surface area contributed by atoms with Crippen LogP contribution in [-0.2, 0) is 6.18 Å². The van der Waals surface area contributed by atoms with Crippen LogP contribution in [-0.4, -0.2) is 15.2 Å². The minimum absolute atomic E-state index is 0.0571. The first-order chi connectivity index (χ1) is 12.3. The molecule has 26 heavy (non-hydrogen) atoms. The molecule has 1 heterocycles. The smallest absolute Gasteiger partial charge is 0.339 e. The van der Waals surface area contributed by atoms with Gasteiger partial charge in [-0.15, -0.1) is 5.10 Å². The van der Waals surface area contributed by atoms with Gasteiger partial charge in [-0.05, 0) is 42.8 Å². The average Bonchev–Trinajstić information content (AvgIpc) is 2.57. The number of para-hydroxylation sites is 1. The maximum Gasteiger partial charge on any atom is 0.418 e. The molecule has 0 aliphatic heterocycles. The Morgan fingerprint density at radius 2 is 1.77 bits per heavy atom. The number of alkyl halides is 3. The minimum atomic E-state index is -4.49. The molecule has 3 rings (SSSR count). The summed E-state index contributed by atoms with van der Waals surface area (Å²) in [6, 6.07) is 10.3. The third-order valence-corrected chi connectivity index (χ3v) is 3.72. The van der Waals surface area contributed by atoms with Gasteiger partial charge in [-0.25, -0.2) is 0 Å². The van der Waals surface area contributed by atoms with Gasteiger partial charge in [0.05, 0.1) is 17.4 Å². The summed E-state index contributed by atoms with van der Waals surface area (Å²) in [4.78, 5) is 4.15. The van der Waals surface area contributed by atoms with Gasteiger partial charge in [0.15, 0.2) is 5.82 Å². The van der Waals surface area contributed by atoms with Gasteiger partial charge in [0.25, 0.3) is 0 Å². The molecule has 0 amide bonds. The van der Waals surface area contributed by atoms with Gasteiger partial charge in [0.2, 0.25) is 5.95 Å². The third-order valence-electron chi connectivity index (χ3n) is 3.49. The molecule has 0 aliphatic carbocycles. The van der Waals surface area contributed by atoms with E-state index in [1.165, 1.54) is 24.4 Å². The molecule has 1 aromatic heterocycles. The Kier molecular flexibility index (Phi) is 4.94. The number of hydrogen-bond donors (Lipinski definition) is 2. The quantitative estimate of drug-likeness (QED) is 0.640. The van der Waals surface area contributed by atoms with E-state index >= 15 is 0 Å². The predicted octanol–water partition coefficient (Wildman–Crippen LogP) is 5.34. The van der Waals surface area contributed by atoms with Crippen LogP contribution < -0.4 is 10.6 Å². The number of benzene rings is 2. The van der Waals surface area contributed by atoms with Crippen molar-refractivity contribution in [3.8, 4) is 0 Å². The summed E-state index contributed by atoms with van der Waals surface area (Å²) in [5.74, 6) is 0.274. The van der Waals surface area contributed by atoms with Gasteiger partial charge in [0.1, 0.15) is 0 Å². The Bertz CT molecular complexity index is 930. The van der Waals surface area contributed by atoms with Crippen LogP contribution in [0, 0.1) is 6.92 Å². The van der Waals surface area contributed by atoms with Crippen LogP contribution in [0.3, 0.4) is 0 Å². The molecule has 0 spiro atoms. The number of anilines is 4. The van der Waals surface area contributed by atoms with Gasteiger partial charge in [-0.2, -0.15) is 23.3 Å². The highest BCUT2D eigenvalue weighted by molar-refractivity contribution is 6.30. The number of halogens is 4. The van der Waals surface area contributed by atoms with E-state index in [1.54, 1.807) is 18.2 Å². The second kappa shape index (κ2) is 7.17. The van der Waals surface area contributed by atoms with E-state index in [0.29, 0.717) is 10.8 Å². The molecule has 0 radical (unpaired) electrons. The molecule has 134 valence electrons. The molecule has 0 fully saturated rings. The van der Waals surface area contributed by atoms with Gasteiger partial charge in [-0.1, -0.05) is 23.7 Å². The lowest BCUT2D eigenvalue weighted by Crippen LogP contribution is -2.10. The van der Waals surface area contributed by atoms with Crippen molar-refractivity contribution in [2.24, 2.45) is 0 Å². The van der Waals surface area contributed by atoms with Crippen LogP contribution >= 0.6 is 11.6 Å². The average molecular weight is 380 g/mol. The van der Waals surface area contributed by atoms with E-state index < -0.39 is 11.7 Å². The summed E-state index contributed by atoms with van der Waals surface area (Å²) in [5, 5.41) is 13.7. The predicted molar refractivity (Wildman–Crippen MR) is 94.0 cm³/mol. The topological polar surface area (TPSA) is 62.7 Å². The van der Waals surface area contributed by atoms with Crippen molar-refractivity contribution in [2.75, 3.05) is 10.6 Å². The zero-order valence-corrected chi connectivity index (χ0v) is 14.2. The fourth-order valence-corrected chi connectivity index (χ4v) is 2.51. The Morgan fingerprint density at radius 1 is 1.00 bits per heavy atom.